The minimum absolute atomic E-state index is 0.0436. The van der Waals surface area contributed by atoms with Crippen molar-refractivity contribution < 1.29 is 4.79 Å². The third-order valence-corrected chi connectivity index (χ3v) is 4.88. The van der Waals surface area contributed by atoms with Gasteiger partial charge in [0, 0.05) is 36.7 Å². The van der Waals surface area contributed by atoms with Crippen molar-refractivity contribution in [3.05, 3.63) is 47.5 Å². The van der Waals surface area contributed by atoms with Crippen molar-refractivity contribution in [1.82, 2.24) is 14.9 Å². The first-order chi connectivity index (χ1) is 12.0. The summed E-state index contributed by atoms with van der Waals surface area (Å²) in [6.45, 7) is 9.59. The Morgan fingerprint density at radius 3 is 2.80 bits per heavy atom. The van der Waals surface area contributed by atoms with Crippen LogP contribution < -0.4 is 0 Å². The summed E-state index contributed by atoms with van der Waals surface area (Å²) >= 11 is 0. The molecule has 0 aliphatic carbocycles. The maximum Gasteiger partial charge on any atom is 0.225 e. The maximum absolute atomic E-state index is 12.4. The Bertz CT molecular complexity index is 769. The van der Waals surface area contributed by atoms with Crippen molar-refractivity contribution in [2.24, 2.45) is 5.92 Å². The molecular formula is C21H27N3O. The molecule has 1 aromatic carbocycles. The lowest BCUT2D eigenvalue weighted by atomic mass is 9.89. The highest BCUT2D eigenvalue weighted by Gasteiger charge is 2.28. The van der Waals surface area contributed by atoms with Crippen LogP contribution in [0.4, 0.5) is 0 Å². The van der Waals surface area contributed by atoms with Crippen LogP contribution >= 0.6 is 0 Å². The Morgan fingerprint density at radius 1 is 1.28 bits per heavy atom. The van der Waals surface area contributed by atoms with E-state index in [2.05, 4.69) is 36.2 Å². The Balaban J connectivity index is 1.96. The largest absolute Gasteiger partial charge is 0.342 e. The van der Waals surface area contributed by atoms with E-state index in [-0.39, 0.29) is 17.7 Å². The molecular weight excluding hydrogens is 310 g/mol. The molecule has 1 fully saturated rings. The summed E-state index contributed by atoms with van der Waals surface area (Å²) in [5.41, 5.74) is 4.56. The SMILES string of the molecule is Cc1cccc(-c2cnc(C)nc2[C@H]2CCCN(C(=O)C(C)C)C2)c1. The van der Waals surface area contributed by atoms with Crippen molar-refractivity contribution in [3.63, 3.8) is 0 Å². The van der Waals surface area contributed by atoms with Gasteiger partial charge in [0.2, 0.25) is 5.91 Å². The van der Waals surface area contributed by atoms with Crippen molar-refractivity contribution >= 4 is 5.91 Å². The van der Waals surface area contributed by atoms with Gasteiger partial charge in [0.1, 0.15) is 5.82 Å². The Hall–Kier alpha value is -2.23. The third-order valence-electron chi connectivity index (χ3n) is 4.88. The topological polar surface area (TPSA) is 46.1 Å². The summed E-state index contributed by atoms with van der Waals surface area (Å²) in [7, 11) is 0. The molecule has 2 heterocycles. The molecule has 0 radical (unpaired) electrons. The van der Waals surface area contributed by atoms with Crippen LogP contribution in [-0.2, 0) is 4.79 Å². The van der Waals surface area contributed by atoms with Crippen LogP contribution in [0.25, 0.3) is 11.1 Å². The molecule has 4 nitrogen and oxygen atoms in total. The van der Waals surface area contributed by atoms with E-state index in [0.29, 0.717) is 0 Å². The zero-order valence-electron chi connectivity index (χ0n) is 15.6. The van der Waals surface area contributed by atoms with Gasteiger partial charge >= 0.3 is 0 Å². The van der Waals surface area contributed by atoms with E-state index in [1.54, 1.807) is 0 Å². The van der Waals surface area contributed by atoms with Crippen LogP contribution in [0.2, 0.25) is 0 Å². The van der Waals surface area contributed by atoms with Crippen molar-refractivity contribution in [2.75, 3.05) is 13.1 Å². The Kier molecular flexibility index (Phi) is 5.16. The molecule has 1 atom stereocenters. The minimum Gasteiger partial charge on any atom is -0.342 e. The van der Waals surface area contributed by atoms with Gasteiger partial charge in [0.05, 0.1) is 5.69 Å². The van der Waals surface area contributed by atoms with Gasteiger partial charge in [-0.3, -0.25) is 4.79 Å². The number of carbonyl (C=O) groups excluding carboxylic acids is 1. The monoisotopic (exact) mass is 337 g/mol. The number of carbonyl (C=O) groups is 1. The van der Waals surface area contributed by atoms with Gasteiger partial charge in [-0.25, -0.2) is 9.97 Å². The zero-order chi connectivity index (χ0) is 18.0. The van der Waals surface area contributed by atoms with Crippen LogP contribution in [0.1, 0.15) is 49.7 Å². The number of hydrogen-bond donors (Lipinski definition) is 0. The second-order valence-electron chi connectivity index (χ2n) is 7.36. The summed E-state index contributed by atoms with van der Waals surface area (Å²) in [4.78, 5) is 23.7. The van der Waals surface area contributed by atoms with Gasteiger partial charge in [-0.05, 0) is 32.3 Å². The lowest BCUT2D eigenvalue weighted by Gasteiger charge is -2.34. The first-order valence-electron chi connectivity index (χ1n) is 9.15. The number of nitrogens with zero attached hydrogens (tertiary/aromatic N) is 3. The average Bonchev–Trinajstić information content (AvgIpc) is 2.61. The molecule has 2 aromatic rings. The number of aryl methyl sites for hydroxylation is 2. The smallest absolute Gasteiger partial charge is 0.225 e. The van der Waals surface area contributed by atoms with Crippen LogP contribution in [0.3, 0.4) is 0 Å². The van der Waals surface area contributed by atoms with Gasteiger partial charge in [-0.15, -0.1) is 0 Å². The zero-order valence-corrected chi connectivity index (χ0v) is 15.6. The summed E-state index contributed by atoms with van der Waals surface area (Å²) in [5.74, 6) is 1.35. The molecule has 0 spiro atoms. The Labute approximate surface area is 150 Å². The Morgan fingerprint density at radius 2 is 2.08 bits per heavy atom. The fourth-order valence-corrected chi connectivity index (χ4v) is 3.60. The lowest BCUT2D eigenvalue weighted by Crippen LogP contribution is -2.41. The van der Waals surface area contributed by atoms with Crippen molar-refractivity contribution in [1.29, 1.82) is 0 Å². The predicted octanol–water partition coefficient (Wildman–Crippen LogP) is 4.12. The van der Waals surface area contributed by atoms with E-state index in [1.807, 2.05) is 31.9 Å². The molecule has 0 bridgehead atoms. The molecule has 0 saturated carbocycles. The van der Waals surface area contributed by atoms with Crippen LogP contribution in [-0.4, -0.2) is 33.9 Å². The molecule has 0 N–H and O–H groups in total. The third kappa shape index (κ3) is 3.89. The highest BCUT2D eigenvalue weighted by Crippen LogP contribution is 2.33. The van der Waals surface area contributed by atoms with Crippen LogP contribution in [0.5, 0.6) is 0 Å². The summed E-state index contributed by atoms with van der Waals surface area (Å²) in [6, 6.07) is 8.47. The molecule has 1 amide bonds. The van der Waals surface area contributed by atoms with Gasteiger partial charge in [-0.2, -0.15) is 0 Å². The average molecular weight is 337 g/mol. The molecule has 4 heteroatoms. The van der Waals surface area contributed by atoms with E-state index in [4.69, 9.17) is 4.98 Å². The number of amides is 1. The minimum atomic E-state index is 0.0436. The van der Waals surface area contributed by atoms with Crippen LogP contribution in [0, 0.1) is 19.8 Å². The maximum atomic E-state index is 12.4. The van der Waals surface area contributed by atoms with E-state index < -0.39 is 0 Å². The number of aromatic nitrogens is 2. The lowest BCUT2D eigenvalue weighted by molar-refractivity contribution is -0.135. The number of rotatable bonds is 3. The molecule has 25 heavy (non-hydrogen) atoms. The molecule has 3 rings (SSSR count). The molecule has 1 aliphatic rings. The summed E-state index contributed by atoms with van der Waals surface area (Å²) in [6.07, 6.45) is 4.03. The predicted molar refractivity (Wildman–Crippen MR) is 100 cm³/mol. The van der Waals surface area contributed by atoms with E-state index in [9.17, 15) is 4.79 Å². The summed E-state index contributed by atoms with van der Waals surface area (Å²) in [5, 5.41) is 0. The second-order valence-corrected chi connectivity index (χ2v) is 7.36. The first kappa shape index (κ1) is 17.6. The van der Waals surface area contributed by atoms with Crippen molar-refractivity contribution in [3.8, 4) is 11.1 Å². The number of benzene rings is 1. The molecule has 0 unspecified atom stereocenters. The van der Waals surface area contributed by atoms with Gasteiger partial charge < -0.3 is 4.90 Å². The summed E-state index contributed by atoms with van der Waals surface area (Å²) < 4.78 is 0. The van der Waals surface area contributed by atoms with Gasteiger partial charge in [0.25, 0.3) is 0 Å². The highest BCUT2D eigenvalue weighted by atomic mass is 16.2. The molecule has 1 saturated heterocycles. The standard InChI is InChI=1S/C21H27N3O/c1-14(2)21(25)24-10-6-9-18(13-24)20-19(12-22-16(4)23-20)17-8-5-7-15(3)11-17/h5,7-8,11-12,14,18H,6,9-10,13H2,1-4H3/t18-/m0/s1. The number of hydrogen-bond acceptors (Lipinski definition) is 3. The van der Waals surface area contributed by atoms with E-state index >= 15 is 0 Å². The fraction of sp³-hybridized carbons (Fsp3) is 0.476. The highest BCUT2D eigenvalue weighted by molar-refractivity contribution is 5.78. The van der Waals surface area contributed by atoms with Gasteiger partial charge in [0.15, 0.2) is 0 Å². The van der Waals surface area contributed by atoms with Crippen molar-refractivity contribution in [2.45, 2.75) is 46.5 Å². The quantitative estimate of drug-likeness (QED) is 0.846. The molecule has 1 aliphatic heterocycles. The molecule has 132 valence electrons. The fourth-order valence-electron chi connectivity index (χ4n) is 3.60. The van der Waals surface area contributed by atoms with Gasteiger partial charge in [-0.1, -0.05) is 43.7 Å². The second kappa shape index (κ2) is 7.34. The van der Waals surface area contributed by atoms with E-state index in [0.717, 1.165) is 48.6 Å². The number of likely N-dealkylation sites (tertiary alicyclic amines) is 1. The van der Waals surface area contributed by atoms with E-state index in [1.165, 1.54) is 5.56 Å². The number of piperidine rings is 1. The molecule has 1 aromatic heterocycles. The normalized spacial score (nSPS) is 17.8. The van der Waals surface area contributed by atoms with Crippen LogP contribution in [0.15, 0.2) is 30.5 Å². The first-order valence-corrected chi connectivity index (χ1v) is 9.15.